The highest BCUT2D eigenvalue weighted by Crippen LogP contribution is 2.23. The Labute approximate surface area is 124 Å². The first-order valence-electron chi connectivity index (χ1n) is 7.04. The Balaban J connectivity index is 1.85. The van der Waals surface area contributed by atoms with E-state index in [2.05, 4.69) is 26.9 Å². The summed E-state index contributed by atoms with van der Waals surface area (Å²) >= 11 is 3.56. The number of likely N-dealkylation sites (tertiary alicyclic amines) is 1. The molecule has 0 radical (unpaired) electrons. The third kappa shape index (κ3) is 4.79. The maximum atomic E-state index is 5.86. The number of hydrogen-bond donors (Lipinski definition) is 1. The lowest BCUT2D eigenvalue weighted by Crippen LogP contribution is -2.25. The molecule has 2 N–H and O–H groups in total. The van der Waals surface area contributed by atoms with Crippen molar-refractivity contribution in [2.24, 2.45) is 5.73 Å². The SMILES string of the molecule is CC(N)Cc1cc(OCCN2CCCC2)ccc1Br. The van der Waals surface area contributed by atoms with E-state index in [4.69, 9.17) is 10.5 Å². The van der Waals surface area contributed by atoms with Crippen molar-refractivity contribution in [1.29, 1.82) is 0 Å². The molecular formula is C15H23BrN2O. The van der Waals surface area contributed by atoms with E-state index in [1.165, 1.54) is 31.5 Å². The minimum absolute atomic E-state index is 0.163. The van der Waals surface area contributed by atoms with Crippen LogP contribution >= 0.6 is 15.9 Å². The number of nitrogens with two attached hydrogens (primary N) is 1. The highest BCUT2D eigenvalue weighted by Gasteiger charge is 2.11. The first kappa shape index (κ1) is 14.8. The van der Waals surface area contributed by atoms with Crippen LogP contribution in [0, 0.1) is 0 Å². The molecule has 1 aromatic rings. The quantitative estimate of drug-likeness (QED) is 0.873. The van der Waals surface area contributed by atoms with E-state index in [0.717, 1.165) is 29.8 Å². The van der Waals surface area contributed by atoms with E-state index in [-0.39, 0.29) is 6.04 Å². The molecular weight excluding hydrogens is 304 g/mol. The number of rotatable bonds is 6. The second kappa shape index (κ2) is 7.27. The number of hydrogen-bond acceptors (Lipinski definition) is 3. The predicted molar refractivity (Wildman–Crippen MR) is 82.7 cm³/mol. The Morgan fingerprint density at radius 3 is 2.79 bits per heavy atom. The van der Waals surface area contributed by atoms with E-state index in [0.29, 0.717) is 0 Å². The van der Waals surface area contributed by atoms with Crippen molar-refractivity contribution < 1.29 is 4.74 Å². The molecule has 1 fully saturated rings. The lowest BCUT2D eigenvalue weighted by molar-refractivity contribution is 0.237. The van der Waals surface area contributed by atoms with Crippen molar-refractivity contribution in [3.05, 3.63) is 28.2 Å². The van der Waals surface area contributed by atoms with E-state index in [1.807, 2.05) is 19.1 Å². The molecule has 2 rings (SSSR count). The van der Waals surface area contributed by atoms with Crippen LogP contribution in [-0.4, -0.2) is 37.2 Å². The van der Waals surface area contributed by atoms with Crippen LogP contribution in [0.25, 0.3) is 0 Å². The van der Waals surface area contributed by atoms with Crippen LogP contribution in [-0.2, 0) is 6.42 Å². The molecule has 1 aromatic carbocycles. The molecule has 1 unspecified atom stereocenters. The van der Waals surface area contributed by atoms with Gasteiger partial charge in [-0.2, -0.15) is 0 Å². The van der Waals surface area contributed by atoms with Gasteiger partial charge in [-0.05, 0) is 63.0 Å². The fourth-order valence-electron chi connectivity index (χ4n) is 2.44. The summed E-state index contributed by atoms with van der Waals surface area (Å²) < 4.78 is 6.95. The lowest BCUT2D eigenvalue weighted by Gasteiger charge is -2.16. The molecule has 4 heteroatoms. The van der Waals surface area contributed by atoms with Crippen LogP contribution < -0.4 is 10.5 Å². The van der Waals surface area contributed by atoms with Gasteiger partial charge in [0.1, 0.15) is 12.4 Å². The fraction of sp³-hybridized carbons (Fsp3) is 0.600. The van der Waals surface area contributed by atoms with Crippen molar-refractivity contribution in [3.8, 4) is 5.75 Å². The summed E-state index contributed by atoms with van der Waals surface area (Å²) in [5, 5.41) is 0. The molecule has 3 nitrogen and oxygen atoms in total. The number of ether oxygens (including phenoxy) is 1. The summed E-state index contributed by atoms with van der Waals surface area (Å²) in [6.07, 6.45) is 3.53. The highest BCUT2D eigenvalue weighted by molar-refractivity contribution is 9.10. The summed E-state index contributed by atoms with van der Waals surface area (Å²) in [5.41, 5.74) is 7.07. The van der Waals surface area contributed by atoms with Gasteiger partial charge in [0.2, 0.25) is 0 Å². The Morgan fingerprint density at radius 1 is 1.37 bits per heavy atom. The average molecular weight is 327 g/mol. The van der Waals surface area contributed by atoms with Gasteiger partial charge in [-0.3, -0.25) is 4.90 Å². The summed E-state index contributed by atoms with van der Waals surface area (Å²) in [5.74, 6) is 0.943. The Bertz CT molecular complexity index is 403. The largest absolute Gasteiger partial charge is 0.492 e. The van der Waals surface area contributed by atoms with Crippen molar-refractivity contribution in [2.75, 3.05) is 26.2 Å². The van der Waals surface area contributed by atoms with Gasteiger partial charge in [0.15, 0.2) is 0 Å². The van der Waals surface area contributed by atoms with E-state index in [9.17, 15) is 0 Å². The molecule has 0 aliphatic carbocycles. The Hall–Kier alpha value is -0.580. The third-order valence-electron chi connectivity index (χ3n) is 3.43. The second-order valence-corrected chi connectivity index (χ2v) is 6.19. The van der Waals surface area contributed by atoms with Crippen molar-refractivity contribution >= 4 is 15.9 Å². The normalized spacial score (nSPS) is 17.6. The van der Waals surface area contributed by atoms with Gasteiger partial charge >= 0.3 is 0 Å². The zero-order valence-electron chi connectivity index (χ0n) is 11.6. The van der Waals surface area contributed by atoms with Crippen LogP contribution in [0.15, 0.2) is 22.7 Å². The predicted octanol–water partition coefficient (Wildman–Crippen LogP) is 2.81. The van der Waals surface area contributed by atoms with Crippen molar-refractivity contribution in [2.45, 2.75) is 32.2 Å². The smallest absolute Gasteiger partial charge is 0.119 e. The molecule has 0 bridgehead atoms. The van der Waals surface area contributed by atoms with Crippen LogP contribution in [0.1, 0.15) is 25.3 Å². The third-order valence-corrected chi connectivity index (χ3v) is 4.21. The summed E-state index contributed by atoms with van der Waals surface area (Å²) in [4.78, 5) is 2.46. The van der Waals surface area contributed by atoms with Crippen LogP contribution in [0.5, 0.6) is 5.75 Å². The molecule has 106 valence electrons. The second-order valence-electron chi connectivity index (χ2n) is 5.33. The van der Waals surface area contributed by atoms with Gasteiger partial charge in [-0.25, -0.2) is 0 Å². The Kier molecular flexibility index (Phi) is 5.67. The van der Waals surface area contributed by atoms with Gasteiger partial charge in [-0.15, -0.1) is 0 Å². The summed E-state index contributed by atoms with van der Waals surface area (Å²) in [7, 11) is 0. The lowest BCUT2D eigenvalue weighted by atomic mass is 10.1. The minimum Gasteiger partial charge on any atom is -0.492 e. The first-order valence-corrected chi connectivity index (χ1v) is 7.83. The van der Waals surface area contributed by atoms with Crippen molar-refractivity contribution in [3.63, 3.8) is 0 Å². The number of nitrogens with zero attached hydrogens (tertiary/aromatic N) is 1. The van der Waals surface area contributed by atoms with E-state index < -0.39 is 0 Å². The van der Waals surface area contributed by atoms with Gasteiger partial charge < -0.3 is 10.5 Å². The van der Waals surface area contributed by atoms with Crippen molar-refractivity contribution in [1.82, 2.24) is 4.90 Å². The van der Waals surface area contributed by atoms with Gasteiger partial charge in [0, 0.05) is 17.1 Å². The molecule has 0 saturated carbocycles. The molecule has 0 aromatic heterocycles. The molecule has 1 aliphatic heterocycles. The highest BCUT2D eigenvalue weighted by atomic mass is 79.9. The van der Waals surface area contributed by atoms with Gasteiger partial charge in [0.25, 0.3) is 0 Å². The maximum Gasteiger partial charge on any atom is 0.119 e. The molecule has 1 saturated heterocycles. The van der Waals surface area contributed by atoms with Crippen LogP contribution in [0.2, 0.25) is 0 Å². The first-order chi connectivity index (χ1) is 9.15. The minimum atomic E-state index is 0.163. The van der Waals surface area contributed by atoms with Crippen LogP contribution in [0.4, 0.5) is 0 Å². The number of benzene rings is 1. The molecule has 19 heavy (non-hydrogen) atoms. The van der Waals surface area contributed by atoms with Crippen LogP contribution in [0.3, 0.4) is 0 Å². The van der Waals surface area contributed by atoms with E-state index >= 15 is 0 Å². The van der Waals surface area contributed by atoms with Gasteiger partial charge in [-0.1, -0.05) is 15.9 Å². The zero-order valence-corrected chi connectivity index (χ0v) is 13.2. The molecule has 0 amide bonds. The average Bonchev–Trinajstić information content (AvgIpc) is 2.86. The standard InChI is InChI=1S/C15H23BrN2O/c1-12(17)10-13-11-14(4-5-15(13)16)19-9-8-18-6-2-3-7-18/h4-5,11-12H,2-3,6-10,17H2,1H3. The molecule has 1 heterocycles. The summed E-state index contributed by atoms with van der Waals surface area (Å²) in [6, 6.07) is 6.31. The summed E-state index contributed by atoms with van der Waals surface area (Å²) in [6.45, 7) is 6.25. The Morgan fingerprint density at radius 2 is 2.11 bits per heavy atom. The van der Waals surface area contributed by atoms with Gasteiger partial charge in [0.05, 0.1) is 0 Å². The molecule has 1 atom stereocenters. The monoisotopic (exact) mass is 326 g/mol. The molecule has 0 spiro atoms. The number of halogens is 1. The topological polar surface area (TPSA) is 38.5 Å². The molecule has 1 aliphatic rings. The van der Waals surface area contributed by atoms with E-state index in [1.54, 1.807) is 0 Å². The fourth-order valence-corrected chi connectivity index (χ4v) is 2.85. The maximum absolute atomic E-state index is 5.86. The zero-order chi connectivity index (χ0) is 13.7.